The predicted molar refractivity (Wildman–Crippen MR) is 135 cm³/mol. The van der Waals surface area contributed by atoms with E-state index in [1.165, 1.54) is 48.5 Å². The molecular weight excluding hydrogens is 494 g/mol. The fourth-order valence-corrected chi connectivity index (χ4v) is 4.56. The van der Waals surface area contributed by atoms with Crippen LogP contribution in [-0.4, -0.2) is 35.7 Å². The zero-order valence-corrected chi connectivity index (χ0v) is 20.2. The number of carbonyl (C=O) groups excluding carboxylic acids is 4. The van der Waals surface area contributed by atoms with Crippen molar-refractivity contribution in [2.45, 2.75) is 38.0 Å². The van der Waals surface area contributed by atoms with Gasteiger partial charge in [0.05, 0.1) is 36.3 Å². The highest BCUT2D eigenvalue weighted by molar-refractivity contribution is 6.24. The van der Waals surface area contributed by atoms with E-state index in [2.05, 4.69) is 10.6 Å². The van der Waals surface area contributed by atoms with Gasteiger partial charge < -0.3 is 10.6 Å². The van der Waals surface area contributed by atoms with Gasteiger partial charge in [0.2, 0.25) is 11.8 Å². The summed E-state index contributed by atoms with van der Waals surface area (Å²) in [6.45, 7) is 0.596. The van der Waals surface area contributed by atoms with Crippen molar-refractivity contribution < 1.29 is 28.0 Å². The first-order valence-corrected chi connectivity index (χ1v) is 12.1. The summed E-state index contributed by atoms with van der Waals surface area (Å²) < 4.78 is 26.2. The largest absolute Gasteiger partial charge is 0.301 e. The molecule has 2 unspecified atom stereocenters. The van der Waals surface area contributed by atoms with E-state index in [9.17, 15) is 28.0 Å². The molecule has 3 aromatic carbocycles. The second-order valence-corrected chi connectivity index (χ2v) is 9.18. The van der Waals surface area contributed by atoms with Crippen LogP contribution in [0.15, 0.2) is 72.8 Å². The highest BCUT2D eigenvalue weighted by atomic mass is 19.1. The van der Waals surface area contributed by atoms with Gasteiger partial charge in [0, 0.05) is 13.1 Å². The Hall–Kier alpha value is -4.28. The highest BCUT2D eigenvalue weighted by Crippen LogP contribution is 2.28. The molecule has 3 aromatic rings. The molecule has 2 N–H and O–H groups in total. The molecule has 0 bridgehead atoms. The molecule has 5 rings (SSSR count). The molecule has 0 aliphatic carbocycles. The number of rotatable bonds is 8. The van der Waals surface area contributed by atoms with Gasteiger partial charge in [0.1, 0.15) is 11.6 Å². The Morgan fingerprint density at radius 2 is 0.921 bits per heavy atom. The molecule has 2 atom stereocenters. The first-order valence-electron chi connectivity index (χ1n) is 12.1. The Bertz CT molecular complexity index is 1270. The summed E-state index contributed by atoms with van der Waals surface area (Å²) in [5.41, 5.74) is 2.22. The topological polar surface area (TPSA) is 98.8 Å². The molecule has 2 saturated heterocycles. The standard InChI is InChI=1S/C28H24F2N4O4/c29-19-5-1-17(2-6-19)15-31-23-13-25(35)33(27(23)37)21-9-11-22(12-10-21)34-26(36)14-24(28(34)38)32-16-18-3-7-20(30)8-4-18/h1-12,23-24,31-32H,13-16H2. The Morgan fingerprint density at radius 3 is 1.26 bits per heavy atom. The Labute approximate surface area is 217 Å². The van der Waals surface area contributed by atoms with E-state index in [-0.39, 0.29) is 36.3 Å². The van der Waals surface area contributed by atoms with Crippen LogP contribution >= 0.6 is 0 Å². The van der Waals surface area contributed by atoms with E-state index in [1.54, 1.807) is 24.3 Å². The maximum atomic E-state index is 13.1. The van der Waals surface area contributed by atoms with Gasteiger partial charge in [-0.1, -0.05) is 24.3 Å². The van der Waals surface area contributed by atoms with Crippen molar-refractivity contribution in [2.75, 3.05) is 9.80 Å². The lowest BCUT2D eigenvalue weighted by molar-refractivity contribution is -0.123. The van der Waals surface area contributed by atoms with Gasteiger partial charge in [0.25, 0.3) is 11.8 Å². The van der Waals surface area contributed by atoms with Crippen molar-refractivity contribution in [3.63, 3.8) is 0 Å². The minimum absolute atomic E-state index is 0.0215. The molecule has 2 fully saturated rings. The molecule has 10 heteroatoms. The number of anilines is 2. The molecule has 0 saturated carbocycles. The predicted octanol–water partition coefficient (Wildman–Crippen LogP) is 2.81. The number of nitrogens with zero attached hydrogens (tertiary/aromatic N) is 2. The average Bonchev–Trinajstić information content (AvgIpc) is 3.36. The van der Waals surface area contributed by atoms with Gasteiger partial charge in [-0.2, -0.15) is 0 Å². The fourth-order valence-electron chi connectivity index (χ4n) is 4.56. The van der Waals surface area contributed by atoms with Crippen LogP contribution in [0.25, 0.3) is 0 Å². The molecule has 0 aromatic heterocycles. The van der Waals surface area contributed by atoms with Gasteiger partial charge >= 0.3 is 0 Å². The quantitative estimate of drug-likeness (QED) is 0.445. The van der Waals surface area contributed by atoms with Crippen LogP contribution in [0.2, 0.25) is 0 Å². The smallest absolute Gasteiger partial charge is 0.251 e. The van der Waals surface area contributed by atoms with Gasteiger partial charge in [-0.3, -0.25) is 19.2 Å². The third-order valence-electron chi connectivity index (χ3n) is 6.59. The summed E-state index contributed by atoms with van der Waals surface area (Å²) in [5.74, 6) is -2.30. The van der Waals surface area contributed by atoms with Crippen LogP contribution in [0.1, 0.15) is 24.0 Å². The number of hydrogen-bond acceptors (Lipinski definition) is 6. The molecular formula is C28H24F2N4O4. The van der Waals surface area contributed by atoms with Crippen LogP contribution in [0.4, 0.5) is 20.2 Å². The average molecular weight is 519 g/mol. The van der Waals surface area contributed by atoms with E-state index in [1.807, 2.05) is 0 Å². The minimum atomic E-state index is -0.720. The number of amides is 4. The SMILES string of the molecule is O=C1CC(NCc2ccc(F)cc2)C(=O)N1c1ccc(N2C(=O)CC(NCc3ccc(F)cc3)C2=O)cc1. The molecule has 2 aliphatic heterocycles. The van der Waals surface area contributed by atoms with Crippen LogP contribution in [-0.2, 0) is 32.3 Å². The molecule has 2 heterocycles. The number of benzene rings is 3. The summed E-state index contributed by atoms with van der Waals surface area (Å²) in [6, 6.07) is 16.4. The maximum absolute atomic E-state index is 13.1. The van der Waals surface area contributed by atoms with Crippen molar-refractivity contribution >= 4 is 35.0 Å². The van der Waals surface area contributed by atoms with E-state index < -0.39 is 23.9 Å². The van der Waals surface area contributed by atoms with E-state index in [0.29, 0.717) is 24.5 Å². The first-order chi connectivity index (χ1) is 18.3. The van der Waals surface area contributed by atoms with E-state index in [0.717, 1.165) is 20.9 Å². The third kappa shape index (κ3) is 5.22. The lowest BCUT2D eigenvalue weighted by Crippen LogP contribution is -2.39. The summed E-state index contributed by atoms with van der Waals surface area (Å²) in [4.78, 5) is 53.2. The zero-order valence-electron chi connectivity index (χ0n) is 20.2. The Morgan fingerprint density at radius 1 is 0.579 bits per heavy atom. The minimum Gasteiger partial charge on any atom is -0.301 e. The van der Waals surface area contributed by atoms with Crippen LogP contribution in [0.3, 0.4) is 0 Å². The molecule has 0 radical (unpaired) electrons. The number of nitrogens with one attached hydrogen (secondary N) is 2. The number of halogens is 2. The van der Waals surface area contributed by atoms with Crippen molar-refractivity contribution in [3.05, 3.63) is 95.6 Å². The monoisotopic (exact) mass is 518 g/mol. The zero-order chi connectivity index (χ0) is 26.8. The van der Waals surface area contributed by atoms with Crippen molar-refractivity contribution in [2.24, 2.45) is 0 Å². The molecule has 38 heavy (non-hydrogen) atoms. The van der Waals surface area contributed by atoms with Crippen molar-refractivity contribution in [3.8, 4) is 0 Å². The second-order valence-electron chi connectivity index (χ2n) is 9.18. The molecule has 194 valence electrons. The van der Waals surface area contributed by atoms with Gasteiger partial charge in [-0.05, 0) is 59.7 Å². The maximum Gasteiger partial charge on any atom is 0.251 e. The van der Waals surface area contributed by atoms with E-state index >= 15 is 0 Å². The summed E-state index contributed by atoms with van der Waals surface area (Å²) in [7, 11) is 0. The molecule has 8 nitrogen and oxygen atoms in total. The number of carbonyl (C=O) groups is 4. The van der Waals surface area contributed by atoms with Crippen molar-refractivity contribution in [1.82, 2.24) is 10.6 Å². The van der Waals surface area contributed by atoms with E-state index in [4.69, 9.17) is 0 Å². The summed E-state index contributed by atoms with van der Waals surface area (Å²) in [5, 5.41) is 6.08. The Balaban J connectivity index is 1.21. The molecule has 4 amide bonds. The van der Waals surface area contributed by atoms with Gasteiger partial charge in [-0.15, -0.1) is 0 Å². The fraction of sp³-hybridized carbons (Fsp3) is 0.214. The molecule has 0 spiro atoms. The van der Waals surface area contributed by atoms with Gasteiger partial charge in [-0.25, -0.2) is 18.6 Å². The summed E-state index contributed by atoms with van der Waals surface area (Å²) in [6.07, 6.45) is -0.0431. The second kappa shape index (κ2) is 10.6. The lowest BCUT2D eigenvalue weighted by Gasteiger charge is -2.19. The third-order valence-corrected chi connectivity index (χ3v) is 6.59. The first kappa shape index (κ1) is 25.4. The van der Waals surface area contributed by atoms with Crippen LogP contribution in [0.5, 0.6) is 0 Å². The van der Waals surface area contributed by atoms with Gasteiger partial charge in [0.15, 0.2) is 0 Å². The lowest BCUT2D eigenvalue weighted by atomic mass is 10.2. The Kier molecular flexibility index (Phi) is 7.08. The van der Waals surface area contributed by atoms with Crippen LogP contribution < -0.4 is 20.4 Å². The van der Waals surface area contributed by atoms with Crippen LogP contribution in [0, 0.1) is 11.6 Å². The number of hydrogen-bond donors (Lipinski definition) is 2. The highest BCUT2D eigenvalue weighted by Gasteiger charge is 2.41. The van der Waals surface area contributed by atoms with Crippen molar-refractivity contribution in [1.29, 1.82) is 0 Å². The molecule has 2 aliphatic rings. The summed E-state index contributed by atoms with van der Waals surface area (Å²) >= 11 is 0. The number of imide groups is 2. The normalized spacial score (nSPS) is 19.6.